The van der Waals surface area contributed by atoms with E-state index in [2.05, 4.69) is 32.9 Å². The first kappa shape index (κ1) is 44.6. The minimum absolute atomic E-state index is 0.333. The van der Waals surface area contributed by atoms with Crippen LogP contribution in [0, 0.1) is 0 Å². The van der Waals surface area contributed by atoms with Gasteiger partial charge in [0.1, 0.15) is 0 Å². The molecule has 0 unspecified atom stereocenters. The molecule has 0 aliphatic rings. The number of rotatable bonds is 38. The zero-order chi connectivity index (χ0) is 32.9. The molecule has 2 nitrogen and oxygen atoms in total. The lowest BCUT2D eigenvalue weighted by atomic mass is 10.1. The number of carboxylic acid groups (broad SMARTS) is 1. The highest BCUT2D eigenvalue weighted by Gasteiger charge is 2.35. The number of aliphatic carboxylic acids is 1. The van der Waals surface area contributed by atoms with Crippen LogP contribution in [-0.2, 0) is 4.79 Å². The summed E-state index contributed by atoms with van der Waals surface area (Å²) >= 11 is 0. The van der Waals surface area contributed by atoms with Crippen LogP contribution in [0.4, 0.5) is 0 Å². The van der Waals surface area contributed by atoms with E-state index in [9.17, 15) is 4.79 Å². The minimum Gasteiger partial charge on any atom is -0.481 e. The van der Waals surface area contributed by atoms with Crippen molar-refractivity contribution in [1.82, 2.24) is 0 Å². The summed E-state index contributed by atoms with van der Waals surface area (Å²) in [7, 11) is -0.788. The van der Waals surface area contributed by atoms with Gasteiger partial charge in [-0.1, -0.05) is 148 Å². The molecule has 0 bridgehead atoms. The summed E-state index contributed by atoms with van der Waals surface area (Å²) in [5.41, 5.74) is 0. The largest absolute Gasteiger partial charge is 0.481 e. The van der Waals surface area contributed by atoms with Crippen LogP contribution >= 0.6 is 7.26 Å². The minimum atomic E-state index is -0.788. The molecule has 0 heterocycles. The molecule has 0 atom stereocenters. The van der Waals surface area contributed by atoms with Crippen LogP contribution in [-0.4, -0.2) is 35.7 Å². The van der Waals surface area contributed by atoms with Gasteiger partial charge in [0.25, 0.3) is 0 Å². The average molecular weight is 652 g/mol. The highest BCUT2D eigenvalue weighted by Crippen LogP contribution is 2.61. The van der Waals surface area contributed by atoms with E-state index in [1.807, 2.05) is 0 Å². The second-order valence-electron chi connectivity index (χ2n) is 14.6. The Kier molecular flexibility index (Phi) is 36.2. The van der Waals surface area contributed by atoms with Gasteiger partial charge in [-0.15, -0.1) is 0 Å². The number of unbranched alkanes of at least 4 members (excludes halogenated alkanes) is 26. The molecule has 45 heavy (non-hydrogen) atoms. The van der Waals surface area contributed by atoms with Gasteiger partial charge in [0.2, 0.25) is 0 Å². The molecule has 0 aromatic heterocycles. The van der Waals surface area contributed by atoms with Gasteiger partial charge in [-0.2, -0.15) is 0 Å². The van der Waals surface area contributed by atoms with Crippen LogP contribution in [0.3, 0.4) is 0 Å². The van der Waals surface area contributed by atoms with Gasteiger partial charge in [0.15, 0.2) is 0 Å². The lowest BCUT2D eigenvalue weighted by molar-refractivity contribution is -0.137. The fourth-order valence-electron chi connectivity index (χ4n) is 7.07. The first-order chi connectivity index (χ1) is 22.1. The summed E-state index contributed by atoms with van der Waals surface area (Å²) in [6, 6.07) is 0. The fourth-order valence-corrected chi connectivity index (χ4v) is 12.0. The topological polar surface area (TPSA) is 37.3 Å². The maximum atomic E-state index is 10.6. The molecule has 0 spiro atoms. The zero-order valence-electron chi connectivity index (χ0n) is 31.4. The second kappa shape index (κ2) is 36.5. The van der Waals surface area contributed by atoms with Crippen LogP contribution in [0.5, 0.6) is 0 Å². The second-order valence-corrected chi connectivity index (χ2v) is 19.1. The highest BCUT2D eigenvalue weighted by molar-refractivity contribution is 7.75. The van der Waals surface area contributed by atoms with Gasteiger partial charge in [0.05, 0.1) is 24.6 Å². The molecule has 268 valence electrons. The SMILES string of the molecule is CCCCCCCC[P+](CCCCCCCC)(CCCCCCCC)CCCCCCCC/C=C\CCCCCCCC(=O)O. The number of allylic oxidation sites excluding steroid dienone is 2. The van der Waals surface area contributed by atoms with Crippen molar-refractivity contribution in [2.24, 2.45) is 0 Å². The Morgan fingerprint density at radius 2 is 0.667 bits per heavy atom. The van der Waals surface area contributed by atoms with Crippen LogP contribution in [0.15, 0.2) is 12.2 Å². The van der Waals surface area contributed by atoms with Crippen LogP contribution in [0.1, 0.15) is 226 Å². The predicted molar refractivity (Wildman–Crippen MR) is 208 cm³/mol. The van der Waals surface area contributed by atoms with Crippen molar-refractivity contribution in [2.45, 2.75) is 226 Å². The van der Waals surface area contributed by atoms with Crippen molar-refractivity contribution < 1.29 is 9.90 Å². The Morgan fingerprint density at radius 1 is 0.400 bits per heavy atom. The van der Waals surface area contributed by atoms with E-state index in [0.29, 0.717) is 6.42 Å². The first-order valence-corrected chi connectivity index (χ1v) is 23.3. The Hall–Kier alpha value is -0.360. The van der Waals surface area contributed by atoms with E-state index in [4.69, 9.17) is 5.11 Å². The van der Waals surface area contributed by atoms with Crippen molar-refractivity contribution in [1.29, 1.82) is 0 Å². The average Bonchev–Trinajstić information content (AvgIpc) is 3.03. The molecule has 0 rings (SSSR count). The molecular weight excluding hydrogens is 567 g/mol. The summed E-state index contributed by atoms with van der Waals surface area (Å²) in [6.07, 6.45) is 54.6. The Morgan fingerprint density at radius 3 is 0.978 bits per heavy atom. The van der Waals surface area contributed by atoms with E-state index in [1.54, 1.807) is 24.6 Å². The molecule has 0 fully saturated rings. The van der Waals surface area contributed by atoms with Crippen LogP contribution < -0.4 is 0 Å². The normalized spacial score (nSPS) is 12.1. The van der Waals surface area contributed by atoms with Crippen molar-refractivity contribution in [3.05, 3.63) is 12.2 Å². The Balaban J connectivity index is 4.45. The predicted octanol–water partition coefficient (Wildman–Crippen LogP) is 15.2. The van der Waals surface area contributed by atoms with E-state index in [-0.39, 0.29) is 0 Å². The van der Waals surface area contributed by atoms with Crippen molar-refractivity contribution in [2.75, 3.05) is 24.6 Å². The summed E-state index contributed by atoms with van der Waals surface area (Å²) in [6.45, 7) is 7.03. The molecule has 3 heteroatoms. The standard InChI is InChI=1S/C42H83O2P/c1-4-7-10-13-28-33-38-45(39-34-29-14-11-8-5-2,40-35-30-15-12-9-6-3)41-36-31-26-24-22-20-18-16-17-19-21-23-25-27-32-37-42(43)44/h16-17H,4-15,18-41H2,1-3H3/p+1/b17-16-. The number of hydrogen-bond donors (Lipinski definition) is 1. The van der Waals surface area contributed by atoms with Crippen LogP contribution in [0.25, 0.3) is 0 Å². The maximum Gasteiger partial charge on any atom is 0.303 e. The molecule has 0 saturated carbocycles. The summed E-state index contributed by atoms with van der Waals surface area (Å²) in [4.78, 5) is 10.6. The quantitative estimate of drug-likeness (QED) is 0.0410. The van der Waals surface area contributed by atoms with Gasteiger partial charge in [-0.25, -0.2) is 0 Å². The van der Waals surface area contributed by atoms with Crippen LogP contribution in [0.2, 0.25) is 0 Å². The molecular formula is C42H84O2P+. The first-order valence-electron chi connectivity index (χ1n) is 20.8. The Bertz CT molecular complexity index is 575. The van der Waals surface area contributed by atoms with E-state index < -0.39 is 13.2 Å². The molecule has 0 aromatic carbocycles. The van der Waals surface area contributed by atoms with E-state index in [1.165, 1.54) is 186 Å². The number of carboxylic acids is 1. The van der Waals surface area contributed by atoms with Gasteiger partial charge >= 0.3 is 5.97 Å². The third kappa shape index (κ3) is 33.3. The molecule has 0 amide bonds. The van der Waals surface area contributed by atoms with Crippen molar-refractivity contribution in [3.63, 3.8) is 0 Å². The van der Waals surface area contributed by atoms with Crippen molar-refractivity contribution in [3.8, 4) is 0 Å². The van der Waals surface area contributed by atoms with Gasteiger partial charge in [-0.3, -0.25) is 4.79 Å². The summed E-state index contributed by atoms with van der Waals surface area (Å²) in [5.74, 6) is -0.655. The van der Waals surface area contributed by atoms with Gasteiger partial charge in [-0.05, 0) is 83.5 Å². The number of hydrogen-bond acceptors (Lipinski definition) is 1. The zero-order valence-corrected chi connectivity index (χ0v) is 32.3. The molecule has 1 N–H and O–H groups in total. The Labute approximate surface area is 285 Å². The van der Waals surface area contributed by atoms with E-state index in [0.717, 1.165) is 12.8 Å². The highest BCUT2D eigenvalue weighted by atomic mass is 31.2. The lowest BCUT2D eigenvalue weighted by Gasteiger charge is -2.28. The fraction of sp³-hybridized carbons (Fsp3) is 0.929. The molecule has 0 aromatic rings. The molecule has 0 saturated heterocycles. The number of carbonyl (C=O) groups is 1. The monoisotopic (exact) mass is 652 g/mol. The van der Waals surface area contributed by atoms with Crippen molar-refractivity contribution >= 4 is 13.2 Å². The summed E-state index contributed by atoms with van der Waals surface area (Å²) in [5, 5.41) is 8.71. The molecule has 0 radical (unpaired) electrons. The smallest absolute Gasteiger partial charge is 0.303 e. The third-order valence-electron chi connectivity index (χ3n) is 10.1. The molecule has 0 aliphatic heterocycles. The lowest BCUT2D eigenvalue weighted by Crippen LogP contribution is -2.13. The van der Waals surface area contributed by atoms with E-state index >= 15 is 0 Å². The third-order valence-corrected chi connectivity index (χ3v) is 15.2. The van der Waals surface area contributed by atoms with Gasteiger partial charge in [0, 0.05) is 13.7 Å². The molecule has 0 aliphatic carbocycles. The maximum absolute atomic E-state index is 10.6. The summed E-state index contributed by atoms with van der Waals surface area (Å²) < 4.78 is 0. The van der Waals surface area contributed by atoms with Gasteiger partial charge < -0.3 is 5.11 Å².